The number of nitrogens with two attached hydrogens (primary N) is 2. The summed E-state index contributed by atoms with van der Waals surface area (Å²) in [5, 5.41) is 2.82. The SMILES string of the molecule is C=C/C=C\C(=C/N)C(=O)Nc1cccc(C2(C)COCC(N)=N2)c1. The first kappa shape index (κ1) is 17.5. The van der Waals surface area contributed by atoms with E-state index in [0.29, 0.717) is 30.3 Å². The fourth-order valence-corrected chi connectivity index (χ4v) is 2.40. The fraction of sp³-hybridized carbons (Fsp3) is 0.222. The summed E-state index contributed by atoms with van der Waals surface area (Å²) in [6.07, 6.45) is 6.06. The number of carbonyl (C=O) groups is 1. The Bertz CT molecular complexity index is 721. The molecule has 0 spiro atoms. The molecule has 0 bridgehead atoms. The van der Waals surface area contributed by atoms with Crippen LogP contribution in [0.5, 0.6) is 0 Å². The number of amides is 1. The molecule has 1 aliphatic rings. The van der Waals surface area contributed by atoms with Gasteiger partial charge >= 0.3 is 0 Å². The van der Waals surface area contributed by atoms with Gasteiger partial charge in [-0.25, -0.2) is 0 Å². The Morgan fingerprint density at radius 2 is 2.29 bits per heavy atom. The molecule has 1 aromatic rings. The number of hydrogen-bond donors (Lipinski definition) is 3. The molecule has 126 valence electrons. The van der Waals surface area contributed by atoms with Crippen molar-refractivity contribution >= 4 is 17.4 Å². The van der Waals surface area contributed by atoms with Crippen LogP contribution in [0.3, 0.4) is 0 Å². The van der Waals surface area contributed by atoms with Gasteiger partial charge in [0.2, 0.25) is 0 Å². The quantitative estimate of drug-likeness (QED) is 0.567. The Morgan fingerprint density at radius 3 is 2.96 bits per heavy atom. The van der Waals surface area contributed by atoms with Crippen LogP contribution in [0.25, 0.3) is 0 Å². The molecule has 1 aromatic carbocycles. The molecule has 0 saturated heterocycles. The molecule has 1 amide bonds. The van der Waals surface area contributed by atoms with Crippen molar-refractivity contribution in [3.63, 3.8) is 0 Å². The van der Waals surface area contributed by atoms with E-state index >= 15 is 0 Å². The van der Waals surface area contributed by atoms with Crippen molar-refractivity contribution in [2.24, 2.45) is 16.5 Å². The van der Waals surface area contributed by atoms with Crippen molar-refractivity contribution in [1.29, 1.82) is 0 Å². The highest BCUT2D eigenvalue weighted by Gasteiger charge is 2.30. The highest BCUT2D eigenvalue weighted by Crippen LogP contribution is 2.30. The molecule has 0 aromatic heterocycles. The number of nitrogens with zero attached hydrogens (tertiary/aromatic N) is 1. The van der Waals surface area contributed by atoms with Crippen LogP contribution in [0.1, 0.15) is 12.5 Å². The standard InChI is InChI=1S/C18H22N4O2/c1-3-4-6-13(10-19)17(23)21-15-8-5-7-14(9-15)18(2)12-24-11-16(20)22-18/h3-10H,1,11-12,19H2,2H3,(H2,20,22)(H,21,23)/b6-4-,13-10+. The minimum absolute atomic E-state index is 0.305. The largest absolute Gasteiger partial charge is 0.404 e. The van der Waals surface area contributed by atoms with Crippen LogP contribution in [-0.4, -0.2) is 25.0 Å². The van der Waals surface area contributed by atoms with Crippen LogP contribution in [0, 0.1) is 0 Å². The van der Waals surface area contributed by atoms with E-state index in [1.807, 2.05) is 25.1 Å². The Kier molecular flexibility index (Phi) is 5.55. The number of aliphatic imine (C=N–C) groups is 1. The monoisotopic (exact) mass is 326 g/mol. The summed E-state index contributed by atoms with van der Waals surface area (Å²) < 4.78 is 5.49. The van der Waals surface area contributed by atoms with Gasteiger partial charge in [0.15, 0.2) is 0 Å². The maximum absolute atomic E-state index is 12.3. The predicted octanol–water partition coefficient (Wildman–Crippen LogP) is 1.81. The fourth-order valence-electron chi connectivity index (χ4n) is 2.40. The van der Waals surface area contributed by atoms with E-state index in [-0.39, 0.29) is 5.91 Å². The van der Waals surface area contributed by atoms with E-state index in [0.717, 1.165) is 5.56 Å². The molecule has 6 heteroatoms. The Labute approximate surface area is 141 Å². The van der Waals surface area contributed by atoms with E-state index in [2.05, 4.69) is 16.9 Å². The summed E-state index contributed by atoms with van der Waals surface area (Å²) in [7, 11) is 0. The second kappa shape index (κ2) is 7.61. The lowest BCUT2D eigenvalue weighted by Crippen LogP contribution is -2.37. The van der Waals surface area contributed by atoms with Gasteiger partial charge in [-0.2, -0.15) is 0 Å². The predicted molar refractivity (Wildman–Crippen MR) is 96.5 cm³/mol. The molecule has 5 N–H and O–H groups in total. The third-order valence-corrected chi connectivity index (χ3v) is 3.62. The Balaban J connectivity index is 2.22. The molecule has 0 fully saturated rings. The minimum atomic E-state index is -0.571. The summed E-state index contributed by atoms with van der Waals surface area (Å²) in [4.78, 5) is 16.8. The number of ether oxygens (including phenoxy) is 1. The number of allylic oxidation sites excluding steroid dienone is 2. The van der Waals surface area contributed by atoms with Crippen molar-refractivity contribution in [1.82, 2.24) is 0 Å². The number of benzene rings is 1. The molecule has 1 atom stereocenters. The normalized spacial score (nSPS) is 21.4. The van der Waals surface area contributed by atoms with E-state index in [4.69, 9.17) is 16.2 Å². The van der Waals surface area contributed by atoms with Gasteiger partial charge in [0.25, 0.3) is 5.91 Å². The topological polar surface area (TPSA) is 103 Å². The first-order valence-corrected chi connectivity index (χ1v) is 7.53. The Morgan fingerprint density at radius 1 is 1.50 bits per heavy atom. The maximum atomic E-state index is 12.3. The molecule has 1 heterocycles. The first-order chi connectivity index (χ1) is 11.5. The average molecular weight is 326 g/mol. The van der Waals surface area contributed by atoms with Crippen LogP contribution in [0.4, 0.5) is 5.69 Å². The first-order valence-electron chi connectivity index (χ1n) is 7.53. The summed E-state index contributed by atoms with van der Waals surface area (Å²) in [5.74, 6) is 0.155. The summed E-state index contributed by atoms with van der Waals surface area (Å²) in [5.41, 5.74) is 12.6. The summed E-state index contributed by atoms with van der Waals surface area (Å²) in [6.45, 7) is 6.28. The van der Waals surface area contributed by atoms with Crippen LogP contribution in [-0.2, 0) is 15.1 Å². The lowest BCUT2D eigenvalue weighted by Gasteiger charge is -2.30. The number of carbonyl (C=O) groups excluding carboxylic acids is 1. The number of amidine groups is 1. The van der Waals surface area contributed by atoms with Crippen molar-refractivity contribution in [2.45, 2.75) is 12.5 Å². The minimum Gasteiger partial charge on any atom is -0.404 e. The molecule has 0 radical (unpaired) electrons. The van der Waals surface area contributed by atoms with Gasteiger partial charge < -0.3 is 21.5 Å². The van der Waals surface area contributed by atoms with Gasteiger partial charge in [0.05, 0.1) is 12.2 Å². The lowest BCUT2D eigenvalue weighted by molar-refractivity contribution is -0.112. The van der Waals surface area contributed by atoms with Crippen LogP contribution in [0.15, 0.2) is 65.8 Å². The van der Waals surface area contributed by atoms with Gasteiger partial charge in [0.1, 0.15) is 18.0 Å². The van der Waals surface area contributed by atoms with E-state index in [9.17, 15) is 4.79 Å². The van der Waals surface area contributed by atoms with E-state index in [1.165, 1.54) is 6.20 Å². The van der Waals surface area contributed by atoms with Crippen molar-refractivity contribution in [3.05, 3.63) is 66.4 Å². The highest BCUT2D eigenvalue weighted by atomic mass is 16.5. The van der Waals surface area contributed by atoms with Crippen molar-refractivity contribution in [3.8, 4) is 0 Å². The molecular formula is C18H22N4O2. The van der Waals surface area contributed by atoms with Crippen molar-refractivity contribution in [2.75, 3.05) is 18.5 Å². The third kappa shape index (κ3) is 4.11. The number of nitrogens with one attached hydrogen (secondary N) is 1. The molecule has 0 saturated carbocycles. The second-order valence-corrected chi connectivity index (χ2v) is 5.62. The zero-order valence-electron chi connectivity index (χ0n) is 13.7. The summed E-state index contributed by atoms with van der Waals surface area (Å²) in [6, 6.07) is 7.43. The molecule has 1 aliphatic heterocycles. The molecule has 24 heavy (non-hydrogen) atoms. The zero-order chi connectivity index (χ0) is 17.6. The van der Waals surface area contributed by atoms with Crippen molar-refractivity contribution < 1.29 is 9.53 Å². The van der Waals surface area contributed by atoms with Gasteiger partial charge in [-0.1, -0.05) is 30.9 Å². The molecule has 0 aliphatic carbocycles. The van der Waals surface area contributed by atoms with E-state index < -0.39 is 5.54 Å². The smallest absolute Gasteiger partial charge is 0.257 e. The maximum Gasteiger partial charge on any atom is 0.257 e. The van der Waals surface area contributed by atoms with Gasteiger partial charge in [0, 0.05) is 11.9 Å². The van der Waals surface area contributed by atoms with Crippen LogP contribution < -0.4 is 16.8 Å². The molecule has 6 nitrogen and oxygen atoms in total. The van der Waals surface area contributed by atoms with E-state index in [1.54, 1.807) is 24.3 Å². The Hall–Kier alpha value is -2.86. The van der Waals surface area contributed by atoms with Crippen LogP contribution in [0.2, 0.25) is 0 Å². The van der Waals surface area contributed by atoms with Gasteiger partial charge in [-0.15, -0.1) is 0 Å². The number of hydrogen-bond acceptors (Lipinski definition) is 5. The summed E-state index contributed by atoms with van der Waals surface area (Å²) >= 11 is 0. The number of rotatable bonds is 5. The molecule has 2 rings (SSSR count). The van der Waals surface area contributed by atoms with Gasteiger partial charge in [-0.05, 0) is 30.7 Å². The average Bonchev–Trinajstić information content (AvgIpc) is 2.55. The molecular weight excluding hydrogens is 304 g/mol. The number of anilines is 1. The lowest BCUT2D eigenvalue weighted by atomic mass is 9.92. The second-order valence-electron chi connectivity index (χ2n) is 5.62. The van der Waals surface area contributed by atoms with Gasteiger partial charge in [-0.3, -0.25) is 9.79 Å². The zero-order valence-corrected chi connectivity index (χ0v) is 13.7. The third-order valence-electron chi connectivity index (χ3n) is 3.62. The highest BCUT2D eigenvalue weighted by molar-refractivity contribution is 6.05. The molecule has 1 unspecified atom stereocenters. The van der Waals surface area contributed by atoms with Crippen LogP contribution >= 0.6 is 0 Å².